The molecule has 0 saturated heterocycles. The van der Waals surface area contributed by atoms with Crippen molar-refractivity contribution in [3.8, 4) is 0 Å². The number of carbonyl (C=O) groups is 1. The number of halogens is 2. The van der Waals surface area contributed by atoms with Crippen LogP contribution in [-0.2, 0) is 0 Å². The molecule has 9 heteroatoms. The zero-order valence-electron chi connectivity index (χ0n) is 15.0. The molecule has 0 aliphatic rings. The van der Waals surface area contributed by atoms with Crippen LogP contribution in [0.4, 0.5) is 26.2 Å². The molecule has 3 aromatic rings. The van der Waals surface area contributed by atoms with Crippen LogP contribution in [0.3, 0.4) is 0 Å². The number of nitrogens with one attached hydrogen (secondary N) is 3. The number of carbonyl (C=O) groups excluding carboxylic acids is 1. The number of anilines is 3. The molecular weight excluding hydrogens is 366 g/mol. The standard InChI is InChI=1S/C19H18F2N6O/c1-12-25-17(11-18(26-12)27-16-4-2-3-7-22-16)23-8-9-24-19(28)13-5-6-14(20)15(21)10-13/h2-7,10-11H,8-9H2,1H3,(H,24,28)(H2,22,23,25,26,27). The fourth-order valence-electron chi connectivity index (χ4n) is 2.40. The van der Waals surface area contributed by atoms with Crippen molar-refractivity contribution in [1.29, 1.82) is 0 Å². The highest BCUT2D eigenvalue weighted by Gasteiger charge is 2.09. The number of hydrogen-bond acceptors (Lipinski definition) is 6. The van der Waals surface area contributed by atoms with Gasteiger partial charge < -0.3 is 16.0 Å². The molecule has 0 bridgehead atoms. The molecule has 1 amide bonds. The maximum absolute atomic E-state index is 13.2. The molecule has 0 spiro atoms. The molecule has 0 saturated carbocycles. The zero-order valence-corrected chi connectivity index (χ0v) is 15.0. The topological polar surface area (TPSA) is 91.8 Å². The summed E-state index contributed by atoms with van der Waals surface area (Å²) in [6.45, 7) is 2.42. The van der Waals surface area contributed by atoms with Crippen LogP contribution in [0, 0.1) is 18.6 Å². The minimum Gasteiger partial charge on any atom is -0.368 e. The third kappa shape index (κ3) is 5.19. The summed E-state index contributed by atoms with van der Waals surface area (Å²) in [5.74, 6) is -0.160. The second-order valence-electron chi connectivity index (χ2n) is 5.84. The number of hydrogen-bond donors (Lipinski definition) is 3. The van der Waals surface area contributed by atoms with Crippen molar-refractivity contribution in [2.75, 3.05) is 23.7 Å². The molecule has 0 atom stereocenters. The molecule has 7 nitrogen and oxygen atoms in total. The molecule has 0 radical (unpaired) electrons. The molecule has 0 aliphatic carbocycles. The zero-order chi connectivity index (χ0) is 19.9. The lowest BCUT2D eigenvalue weighted by atomic mass is 10.2. The van der Waals surface area contributed by atoms with E-state index < -0.39 is 17.5 Å². The highest BCUT2D eigenvalue weighted by atomic mass is 19.2. The number of aryl methyl sites for hydroxylation is 1. The Morgan fingerprint density at radius 2 is 1.79 bits per heavy atom. The van der Waals surface area contributed by atoms with Gasteiger partial charge in [0.25, 0.3) is 5.91 Å². The maximum Gasteiger partial charge on any atom is 0.251 e. The lowest BCUT2D eigenvalue weighted by Crippen LogP contribution is -2.29. The second-order valence-corrected chi connectivity index (χ2v) is 5.84. The lowest BCUT2D eigenvalue weighted by molar-refractivity contribution is 0.0954. The molecule has 3 rings (SSSR count). The normalized spacial score (nSPS) is 10.4. The van der Waals surface area contributed by atoms with Gasteiger partial charge in [-0.05, 0) is 37.3 Å². The van der Waals surface area contributed by atoms with E-state index in [1.54, 1.807) is 19.2 Å². The van der Waals surface area contributed by atoms with Crippen LogP contribution in [0.5, 0.6) is 0 Å². The van der Waals surface area contributed by atoms with Gasteiger partial charge in [0.15, 0.2) is 11.6 Å². The van der Waals surface area contributed by atoms with E-state index >= 15 is 0 Å². The first-order valence-corrected chi connectivity index (χ1v) is 8.52. The average Bonchev–Trinajstić information content (AvgIpc) is 2.67. The molecule has 0 unspecified atom stereocenters. The van der Waals surface area contributed by atoms with Gasteiger partial charge in [0.05, 0.1) is 0 Å². The van der Waals surface area contributed by atoms with Crippen LogP contribution in [0.1, 0.15) is 16.2 Å². The number of aromatic nitrogens is 3. The quantitative estimate of drug-likeness (QED) is 0.543. The SMILES string of the molecule is Cc1nc(NCCNC(=O)c2ccc(F)c(F)c2)cc(Nc2ccccn2)n1. The maximum atomic E-state index is 13.2. The third-order valence-electron chi connectivity index (χ3n) is 3.66. The summed E-state index contributed by atoms with van der Waals surface area (Å²) >= 11 is 0. The van der Waals surface area contributed by atoms with Crippen LogP contribution in [0.15, 0.2) is 48.7 Å². The van der Waals surface area contributed by atoms with Crippen LogP contribution in [-0.4, -0.2) is 33.9 Å². The number of pyridine rings is 1. The van der Waals surface area contributed by atoms with Gasteiger partial charge in [0.2, 0.25) is 0 Å². The van der Waals surface area contributed by atoms with Crippen LogP contribution < -0.4 is 16.0 Å². The number of nitrogens with zero attached hydrogens (tertiary/aromatic N) is 3. The number of benzene rings is 1. The predicted octanol–water partition coefficient (Wildman–Crippen LogP) is 3.04. The summed E-state index contributed by atoms with van der Waals surface area (Å²) in [5.41, 5.74) is 0.0543. The van der Waals surface area contributed by atoms with E-state index in [0.717, 1.165) is 12.1 Å². The smallest absolute Gasteiger partial charge is 0.251 e. The van der Waals surface area contributed by atoms with Crippen LogP contribution in [0.25, 0.3) is 0 Å². The second kappa shape index (κ2) is 8.85. The molecule has 0 fully saturated rings. The van der Waals surface area contributed by atoms with Crippen molar-refractivity contribution < 1.29 is 13.6 Å². The van der Waals surface area contributed by atoms with Crippen molar-refractivity contribution in [3.63, 3.8) is 0 Å². The fourth-order valence-corrected chi connectivity index (χ4v) is 2.40. The molecule has 2 heterocycles. The molecular formula is C19H18F2N6O. The van der Waals surface area contributed by atoms with Crippen molar-refractivity contribution in [1.82, 2.24) is 20.3 Å². The minimum absolute atomic E-state index is 0.0543. The van der Waals surface area contributed by atoms with Crippen molar-refractivity contribution in [3.05, 3.63) is 71.7 Å². The van der Waals surface area contributed by atoms with E-state index in [4.69, 9.17) is 0 Å². The summed E-state index contributed by atoms with van der Waals surface area (Å²) < 4.78 is 26.1. The average molecular weight is 384 g/mol. The Morgan fingerprint density at radius 1 is 0.964 bits per heavy atom. The van der Waals surface area contributed by atoms with Crippen molar-refractivity contribution >= 4 is 23.4 Å². The monoisotopic (exact) mass is 384 g/mol. The Bertz CT molecular complexity index is 968. The van der Waals surface area contributed by atoms with Crippen LogP contribution in [0.2, 0.25) is 0 Å². The van der Waals surface area contributed by atoms with Gasteiger partial charge in [0.1, 0.15) is 23.3 Å². The van der Waals surface area contributed by atoms with Gasteiger partial charge in [-0.2, -0.15) is 0 Å². The van der Waals surface area contributed by atoms with Gasteiger partial charge in [-0.1, -0.05) is 6.07 Å². The first-order valence-electron chi connectivity index (χ1n) is 8.52. The molecule has 3 N–H and O–H groups in total. The Balaban J connectivity index is 1.53. The van der Waals surface area contributed by atoms with E-state index in [0.29, 0.717) is 29.8 Å². The van der Waals surface area contributed by atoms with E-state index in [1.807, 2.05) is 18.2 Å². The minimum atomic E-state index is -1.06. The van der Waals surface area contributed by atoms with Gasteiger partial charge in [-0.15, -0.1) is 0 Å². The Morgan fingerprint density at radius 3 is 2.54 bits per heavy atom. The van der Waals surface area contributed by atoms with Gasteiger partial charge in [-0.25, -0.2) is 23.7 Å². The summed E-state index contributed by atoms with van der Waals surface area (Å²) in [6.07, 6.45) is 1.67. The molecule has 0 aliphatic heterocycles. The van der Waals surface area contributed by atoms with E-state index in [9.17, 15) is 13.6 Å². The van der Waals surface area contributed by atoms with E-state index in [2.05, 4.69) is 30.9 Å². The van der Waals surface area contributed by atoms with Gasteiger partial charge in [-0.3, -0.25) is 4.79 Å². The lowest BCUT2D eigenvalue weighted by Gasteiger charge is -2.10. The summed E-state index contributed by atoms with van der Waals surface area (Å²) in [5, 5.41) is 8.79. The van der Waals surface area contributed by atoms with E-state index in [-0.39, 0.29) is 12.1 Å². The Hall–Kier alpha value is -3.62. The van der Waals surface area contributed by atoms with Gasteiger partial charge >= 0.3 is 0 Å². The van der Waals surface area contributed by atoms with Crippen molar-refractivity contribution in [2.45, 2.75) is 6.92 Å². The highest BCUT2D eigenvalue weighted by Crippen LogP contribution is 2.15. The summed E-state index contributed by atoms with van der Waals surface area (Å²) in [7, 11) is 0. The summed E-state index contributed by atoms with van der Waals surface area (Å²) in [6, 6.07) is 10.2. The number of amides is 1. The van der Waals surface area contributed by atoms with Gasteiger partial charge in [0, 0.05) is 30.9 Å². The Labute approximate surface area is 160 Å². The van der Waals surface area contributed by atoms with Crippen molar-refractivity contribution in [2.24, 2.45) is 0 Å². The first kappa shape index (κ1) is 19.2. The molecule has 1 aromatic carbocycles. The largest absolute Gasteiger partial charge is 0.368 e. The highest BCUT2D eigenvalue weighted by molar-refractivity contribution is 5.94. The molecule has 144 valence electrons. The summed E-state index contributed by atoms with van der Waals surface area (Å²) in [4.78, 5) is 24.7. The molecule has 2 aromatic heterocycles. The van der Waals surface area contributed by atoms with Crippen LogP contribution >= 0.6 is 0 Å². The molecule has 28 heavy (non-hydrogen) atoms. The first-order chi connectivity index (χ1) is 13.5. The third-order valence-corrected chi connectivity index (χ3v) is 3.66. The fraction of sp³-hybridized carbons (Fsp3) is 0.158. The van der Waals surface area contributed by atoms with E-state index in [1.165, 1.54) is 6.07 Å². The Kier molecular flexibility index (Phi) is 6.05. The predicted molar refractivity (Wildman–Crippen MR) is 101 cm³/mol. The number of rotatable bonds is 7.